The number of aromatic nitrogens is 3. The average molecular weight is 407 g/mol. The van der Waals surface area contributed by atoms with Crippen molar-refractivity contribution in [3.63, 3.8) is 0 Å². The van der Waals surface area contributed by atoms with Crippen LogP contribution in [0.25, 0.3) is 5.82 Å². The Labute approximate surface area is 177 Å². The van der Waals surface area contributed by atoms with Gasteiger partial charge >= 0.3 is 0 Å². The zero-order valence-electron chi connectivity index (χ0n) is 17.0. The summed E-state index contributed by atoms with van der Waals surface area (Å²) in [6.07, 6.45) is 5.80. The van der Waals surface area contributed by atoms with Crippen LogP contribution in [-0.4, -0.2) is 56.6 Å². The van der Waals surface area contributed by atoms with Crippen molar-refractivity contribution in [2.24, 2.45) is 0 Å². The van der Waals surface area contributed by atoms with Crippen LogP contribution in [0.1, 0.15) is 29.0 Å². The Morgan fingerprint density at radius 3 is 2.66 bits per heavy atom. The molecule has 0 saturated carbocycles. The molecule has 0 aliphatic carbocycles. The van der Waals surface area contributed by atoms with Gasteiger partial charge in [-0.2, -0.15) is 0 Å². The molecule has 0 spiro atoms. The summed E-state index contributed by atoms with van der Waals surface area (Å²) >= 11 is 5.74. The highest BCUT2D eigenvalue weighted by molar-refractivity contribution is 7.80. The predicted molar refractivity (Wildman–Crippen MR) is 119 cm³/mol. The molecule has 0 radical (unpaired) electrons. The maximum Gasteiger partial charge on any atom is 0.170 e. The molecular weight excluding hydrogens is 380 g/mol. The molecule has 1 N–H and O–H groups in total. The van der Waals surface area contributed by atoms with Crippen molar-refractivity contribution in [3.05, 3.63) is 78.0 Å². The van der Waals surface area contributed by atoms with Gasteiger partial charge in [0.1, 0.15) is 5.82 Å². The summed E-state index contributed by atoms with van der Waals surface area (Å²) in [4.78, 5) is 13.7. The molecule has 4 rings (SSSR count). The number of hydrogen-bond acceptors (Lipinski definition) is 4. The minimum atomic E-state index is -0.0232. The maximum absolute atomic E-state index is 5.74. The standard InChI is InChI=1S/C22H26N6S/c1-16-9-10-19(24-15-16)27-12-6-8-18(27)21-20(17-7-4-5-11-23-17)25-22(29)28(21)14-13-26(2)3/h4-12,15,20-21H,13-14H2,1-3H3,(H,25,29)/t20-,21+/m0/s1. The number of aryl methyl sites for hydroxylation is 1. The average Bonchev–Trinajstić information content (AvgIpc) is 3.32. The molecule has 1 saturated heterocycles. The maximum atomic E-state index is 5.74. The van der Waals surface area contributed by atoms with Crippen LogP contribution in [0, 0.1) is 6.92 Å². The van der Waals surface area contributed by atoms with Crippen LogP contribution in [0.3, 0.4) is 0 Å². The largest absolute Gasteiger partial charge is 0.352 e. The van der Waals surface area contributed by atoms with Crippen LogP contribution in [0.4, 0.5) is 0 Å². The topological polar surface area (TPSA) is 49.2 Å². The van der Waals surface area contributed by atoms with Crippen molar-refractivity contribution in [3.8, 4) is 5.82 Å². The Hall–Kier alpha value is -2.77. The minimum Gasteiger partial charge on any atom is -0.352 e. The highest BCUT2D eigenvalue weighted by atomic mass is 32.1. The lowest BCUT2D eigenvalue weighted by molar-refractivity contribution is 0.272. The molecule has 4 heterocycles. The zero-order chi connectivity index (χ0) is 20.4. The first-order valence-electron chi connectivity index (χ1n) is 9.77. The third-order valence-corrected chi connectivity index (χ3v) is 5.56. The lowest BCUT2D eigenvalue weighted by Gasteiger charge is -2.29. The van der Waals surface area contributed by atoms with Gasteiger partial charge in [-0.15, -0.1) is 0 Å². The van der Waals surface area contributed by atoms with Crippen LogP contribution in [-0.2, 0) is 0 Å². The van der Waals surface area contributed by atoms with Crippen molar-refractivity contribution < 1.29 is 0 Å². The molecule has 7 heteroatoms. The number of rotatable bonds is 6. The summed E-state index contributed by atoms with van der Waals surface area (Å²) in [5.41, 5.74) is 3.27. The number of likely N-dealkylation sites (N-methyl/N-ethyl adjacent to an activating group) is 1. The molecule has 6 nitrogen and oxygen atoms in total. The SMILES string of the molecule is Cc1ccc(-n2cccc2[C@@H]2[C@H](c3ccccn3)NC(=S)N2CCN(C)C)nc1. The van der Waals surface area contributed by atoms with E-state index in [-0.39, 0.29) is 12.1 Å². The van der Waals surface area contributed by atoms with Crippen LogP contribution in [0.5, 0.6) is 0 Å². The van der Waals surface area contributed by atoms with Gasteiger partial charge in [-0.25, -0.2) is 4.98 Å². The van der Waals surface area contributed by atoms with E-state index < -0.39 is 0 Å². The normalized spacial score (nSPS) is 19.0. The van der Waals surface area contributed by atoms with E-state index in [0.29, 0.717) is 0 Å². The molecule has 29 heavy (non-hydrogen) atoms. The Morgan fingerprint density at radius 2 is 1.97 bits per heavy atom. The van der Waals surface area contributed by atoms with E-state index >= 15 is 0 Å². The molecule has 150 valence electrons. The summed E-state index contributed by atoms with van der Waals surface area (Å²) in [6, 6.07) is 14.4. The smallest absolute Gasteiger partial charge is 0.170 e. The van der Waals surface area contributed by atoms with E-state index in [1.54, 1.807) is 0 Å². The van der Waals surface area contributed by atoms with E-state index in [4.69, 9.17) is 12.2 Å². The Bertz CT molecular complexity index is 966. The summed E-state index contributed by atoms with van der Waals surface area (Å²) in [7, 11) is 4.16. The highest BCUT2D eigenvalue weighted by Gasteiger charge is 2.41. The van der Waals surface area contributed by atoms with Crippen molar-refractivity contribution >= 4 is 17.3 Å². The van der Waals surface area contributed by atoms with Crippen molar-refractivity contribution in [2.75, 3.05) is 27.2 Å². The first kappa shape index (κ1) is 19.5. The van der Waals surface area contributed by atoms with Gasteiger partial charge in [0.05, 0.1) is 17.8 Å². The van der Waals surface area contributed by atoms with Crippen LogP contribution in [0.2, 0.25) is 0 Å². The Balaban J connectivity index is 1.77. The third kappa shape index (κ3) is 4.02. The van der Waals surface area contributed by atoms with E-state index in [0.717, 1.165) is 41.0 Å². The first-order valence-corrected chi connectivity index (χ1v) is 10.2. The van der Waals surface area contributed by atoms with E-state index in [9.17, 15) is 0 Å². The van der Waals surface area contributed by atoms with E-state index in [1.807, 2.05) is 31.5 Å². The molecule has 3 aromatic rings. The minimum absolute atomic E-state index is 0.0232. The summed E-state index contributed by atoms with van der Waals surface area (Å²) < 4.78 is 2.15. The molecule has 0 unspecified atom stereocenters. The number of nitrogens with zero attached hydrogens (tertiary/aromatic N) is 5. The van der Waals surface area contributed by atoms with Gasteiger partial charge in [0.2, 0.25) is 0 Å². The number of pyridine rings is 2. The molecule has 3 aromatic heterocycles. The van der Waals surface area contributed by atoms with Gasteiger partial charge in [-0.3, -0.25) is 4.98 Å². The Kier molecular flexibility index (Phi) is 5.60. The zero-order valence-corrected chi connectivity index (χ0v) is 17.8. The third-order valence-electron chi connectivity index (χ3n) is 5.21. The molecule has 0 bridgehead atoms. The van der Waals surface area contributed by atoms with Gasteiger partial charge in [-0.1, -0.05) is 12.1 Å². The van der Waals surface area contributed by atoms with Gasteiger partial charge in [0, 0.05) is 37.4 Å². The van der Waals surface area contributed by atoms with Gasteiger partial charge in [0.15, 0.2) is 5.11 Å². The van der Waals surface area contributed by atoms with Crippen molar-refractivity contribution in [1.29, 1.82) is 0 Å². The fourth-order valence-corrected chi connectivity index (χ4v) is 4.05. The summed E-state index contributed by atoms with van der Waals surface area (Å²) in [6.45, 7) is 3.79. The summed E-state index contributed by atoms with van der Waals surface area (Å²) in [5.74, 6) is 0.903. The van der Waals surface area contributed by atoms with Gasteiger partial charge < -0.3 is 19.7 Å². The molecule has 0 aromatic carbocycles. The van der Waals surface area contributed by atoms with Crippen molar-refractivity contribution in [1.82, 2.24) is 29.7 Å². The van der Waals surface area contributed by atoms with Crippen LogP contribution in [0.15, 0.2) is 61.1 Å². The highest BCUT2D eigenvalue weighted by Crippen LogP contribution is 2.39. The van der Waals surface area contributed by atoms with Crippen LogP contribution < -0.4 is 5.32 Å². The molecule has 2 atom stereocenters. The van der Waals surface area contributed by atoms with Crippen LogP contribution >= 0.6 is 12.2 Å². The van der Waals surface area contributed by atoms with Crippen molar-refractivity contribution in [2.45, 2.75) is 19.0 Å². The molecular formula is C22H26N6S. The predicted octanol–water partition coefficient (Wildman–Crippen LogP) is 3.11. The van der Waals surface area contributed by atoms with Gasteiger partial charge in [-0.05, 0) is 69.1 Å². The fourth-order valence-electron chi connectivity index (χ4n) is 3.72. The second-order valence-electron chi connectivity index (χ2n) is 7.62. The summed E-state index contributed by atoms with van der Waals surface area (Å²) in [5, 5.41) is 4.27. The van der Waals surface area contributed by atoms with E-state index in [1.165, 1.54) is 0 Å². The lowest BCUT2D eigenvalue weighted by atomic mass is 10.0. The molecule has 1 aliphatic rings. The number of thiocarbonyl (C=S) groups is 1. The van der Waals surface area contributed by atoms with Gasteiger partial charge in [0.25, 0.3) is 0 Å². The number of hydrogen-bond donors (Lipinski definition) is 1. The second kappa shape index (κ2) is 8.31. The van der Waals surface area contributed by atoms with E-state index in [2.05, 4.69) is 80.3 Å². The Morgan fingerprint density at radius 1 is 1.10 bits per heavy atom. The number of nitrogens with one attached hydrogen (secondary N) is 1. The quantitative estimate of drug-likeness (QED) is 0.635. The fraction of sp³-hybridized carbons (Fsp3) is 0.318. The molecule has 1 aliphatic heterocycles. The lowest BCUT2D eigenvalue weighted by Crippen LogP contribution is -2.36. The molecule has 1 fully saturated rings. The monoisotopic (exact) mass is 406 g/mol. The molecule has 0 amide bonds. The second-order valence-corrected chi connectivity index (χ2v) is 8.01. The first-order chi connectivity index (χ1) is 14.0.